The van der Waals surface area contributed by atoms with Crippen molar-refractivity contribution in [2.75, 3.05) is 11.1 Å². The number of amides is 1. The molecule has 0 fully saturated rings. The Labute approximate surface area is 127 Å². The molecule has 6 heteroatoms. The van der Waals surface area contributed by atoms with Gasteiger partial charge in [0.05, 0.1) is 5.75 Å². The lowest BCUT2D eigenvalue weighted by atomic mass is 9.99. The molecule has 106 valence electrons. The number of hydrogen-bond acceptors (Lipinski definition) is 5. The summed E-state index contributed by atoms with van der Waals surface area (Å²) >= 11 is 2.84. The smallest absolute Gasteiger partial charge is 0.234 e. The van der Waals surface area contributed by atoms with Crippen LogP contribution < -0.4 is 5.32 Å². The zero-order valence-electron chi connectivity index (χ0n) is 11.5. The second-order valence-corrected chi connectivity index (χ2v) is 6.53. The molecule has 1 aromatic carbocycles. The fraction of sp³-hybridized carbons (Fsp3) is 0.357. The third kappa shape index (κ3) is 4.31. The predicted molar refractivity (Wildman–Crippen MR) is 84.4 cm³/mol. The van der Waals surface area contributed by atoms with Gasteiger partial charge >= 0.3 is 0 Å². The Morgan fingerprint density at radius 3 is 2.75 bits per heavy atom. The molecule has 0 saturated heterocycles. The van der Waals surface area contributed by atoms with Crippen LogP contribution in [0.3, 0.4) is 0 Å². The number of hydrogen-bond donors (Lipinski definition) is 1. The van der Waals surface area contributed by atoms with Crippen molar-refractivity contribution in [1.29, 1.82) is 0 Å². The highest BCUT2D eigenvalue weighted by Gasteiger charge is 2.07. The highest BCUT2D eigenvalue weighted by atomic mass is 32.2. The van der Waals surface area contributed by atoms with Gasteiger partial charge in [0.25, 0.3) is 0 Å². The Balaban J connectivity index is 1.84. The molecule has 0 spiro atoms. The van der Waals surface area contributed by atoms with E-state index in [9.17, 15) is 4.79 Å². The number of aromatic nitrogens is 2. The second-order valence-electron chi connectivity index (χ2n) is 4.47. The first-order valence-corrected chi connectivity index (χ1v) is 8.34. The summed E-state index contributed by atoms with van der Waals surface area (Å²) in [5.41, 5.74) is 3.79. The van der Waals surface area contributed by atoms with Crippen LogP contribution in [0.4, 0.5) is 5.69 Å². The monoisotopic (exact) mass is 307 g/mol. The first-order valence-electron chi connectivity index (χ1n) is 6.47. The lowest BCUT2D eigenvalue weighted by Gasteiger charge is -2.10. The summed E-state index contributed by atoms with van der Waals surface area (Å²) in [5, 5.41) is 10.5. The van der Waals surface area contributed by atoms with Crippen molar-refractivity contribution in [2.45, 2.75) is 30.5 Å². The van der Waals surface area contributed by atoms with Crippen LogP contribution in [0, 0.1) is 0 Å². The number of carbonyl (C=O) groups is 1. The van der Waals surface area contributed by atoms with Gasteiger partial charge in [0.2, 0.25) is 5.91 Å². The van der Waals surface area contributed by atoms with E-state index in [0.29, 0.717) is 11.7 Å². The van der Waals surface area contributed by atoms with Crippen molar-refractivity contribution >= 4 is 34.7 Å². The van der Waals surface area contributed by atoms with Crippen LogP contribution >= 0.6 is 23.1 Å². The minimum absolute atomic E-state index is 0.0264. The van der Waals surface area contributed by atoms with Crippen molar-refractivity contribution < 1.29 is 4.79 Å². The van der Waals surface area contributed by atoms with E-state index in [1.54, 1.807) is 5.51 Å². The molecule has 0 aliphatic carbocycles. The van der Waals surface area contributed by atoms with Gasteiger partial charge in [-0.25, -0.2) is 0 Å². The Bertz CT molecular complexity index is 540. The minimum Gasteiger partial charge on any atom is -0.325 e. The highest BCUT2D eigenvalue weighted by molar-refractivity contribution is 8.01. The standard InChI is InChI=1S/C14H17N3OS2/c1-3-10(2)11-4-6-12(7-5-11)16-13(18)8-19-14-17-15-9-20-14/h4-7,9-10H,3,8H2,1-2H3,(H,16,18)/t10-/m1/s1. The molecule has 1 N–H and O–H groups in total. The molecule has 1 aromatic heterocycles. The average Bonchev–Trinajstić information content (AvgIpc) is 2.98. The van der Waals surface area contributed by atoms with Crippen molar-refractivity contribution in [3.63, 3.8) is 0 Å². The van der Waals surface area contributed by atoms with E-state index in [0.717, 1.165) is 16.4 Å². The van der Waals surface area contributed by atoms with E-state index < -0.39 is 0 Å². The minimum atomic E-state index is -0.0264. The zero-order chi connectivity index (χ0) is 14.4. The van der Waals surface area contributed by atoms with Gasteiger partial charge in [-0.05, 0) is 30.0 Å². The maximum absolute atomic E-state index is 11.8. The molecule has 20 heavy (non-hydrogen) atoms. The van der Waals surface area contributed by atoms with E-state index in [-0.39, 0.29) is 5.91 Å². The Kier molecular flexibility index (Phi) is 5.55. The van der Waals surface area contributed by atoms with Crippen LogP contribution in [0.25, 0.3) is 0 Å². The number of rotatable bonds is 6. The SMILES string of the molecule is CC[C@@H](C)c1ccc(NC(=O)CSc2nncs2)cc1. The van der Waals surface area contributed by atoms with Gasteiger partial charge in [-0.15, -0.1) is 10.2 Å². The number of benzene rings is 1. The molecule has 4 nitrogen and oxygen atoms in total. The topological polar surface area (TPSA) is 54.9 Å². The quantitative estimate of drug-likeness (QED) is 0.825. The van der Waals surface area contributed by atoms with Crippen LogP contribution in [0.15, 0.2) is 34.1 Å². The van der Waals surface area contributed by atoms with Crippen LogP contribution in [0.1, 0.15) is 31.7 Å². The Morgan fingerprint density at radius 1 is 1.40 bits per heavy atom. The van der Waals surface area contributed by atoms with Crippen molar-refractivity contribution in [3.05, 3.63) is 35.3 Å². The molecular weight excluding hydrogens is 290 g/mol. The molecule has 1 heterocycles. The van der Waals surface area contributed by atoms with E-state index >= 15 is 0 Å². The van der Waals surface area contributed by atoms with Crippen LogP contribution in [0.5, 0.6) is 0 Å². The Hall–Kier alpha value is -1.40. The molecule has 2 rings (SSSR count). The average molecular weight is 307 g/mol. The summed E-state index contributed by atoms with van der Waals surface area (Å²) in [7, 11) is 0. The lowest BCUT2D eigenvalue weighted by Crippen LogP contribution is -2.13. The molecule has 1 amide bonds. The van der Waals surface area contributed by atoms with Crippen LogP contribution in [-0.2, 0) is 4.79 Å². The molecule has 0 aliphatic rings. The fourth-order valence-electron chi connectivity index (χ4n) is 1.68. The van der Waals surface area contributed by atoms with Gasteiger partial charge in [0.1, 0.15) is 5.51 Å². The molecule has 0 radical (unpaired) electrons. The second kappa shape index (κ2) is 7.40. The number of nitrogens with zero attached hydrogens (tertiary/aromatic N) is 2. The van der Waals surface area contributed by atoms with E-state index in [1.807, 2.05) is 12.1 Å². The molecule has 0 saturated carbocycles. The van der Waals surface area contributed by atoms with E-state index in [4.69, 9.17) is 0 Å². The lowest BCUT2D eigenvalue weighted by molar-refractivity contribution is -0.113. The fourth-order valence-corrected chi connectivity index (χ4v) is 2.97. The number of nitrogens with one attached hydrogen (secondary N) is 1. The first kappa shape index (κ1) is 15.0. The summed E-state index contributed by atoms with van der Waals surface area (Å²) in [6, 6.07) is 8.05. The maximum atomic E-state index is 11.8. The van der Waals surface area contributed by atoms with Crippen LogP contribution in [-0.4, -0.2) is 21.9 Å². The molecule has 2 aromatic rings. The molecular formula is C14H17N3OS2. The Morgan fingerprint density at radius 2 is 2.15 bits per heavy atom. The third-order valence-electron chi connectivity index (χ3n) is 3.04. The van der Waals surface area contributed by atoms with Gasteiger partial charge in [0.15, 0.2) is 4.34 Å². The van der Waals surface area contributed by atoms with Gasteiger partial charge in [-0.2, -0.15) is 0 Å². The van der Waals surface area contributed by atoms with Crippen LogP contribution in [0.2, 0.25) is 0 Å². The van der Waals surface area contributed by atoms with Crippen molar-refractivity contribution in [3.8, 4) is 0 Å². The van der Waals surface area contributed by atoms with Gasteiger partial charge < -0.3 is 5.32 Å². The normalized spacial score (nSPS) is 12.1. The van der Waals surface area contributed by atoms with E-state index in [2.05, 4.69) is 41.5 Å². The number of anilines is 1. The number of carbonyl (C=O) groups excluding carboxylic acids is 1. The third-order valence-corrected chi connectivity index (χ3v) is 4.90. The summed E-state index contributed by atoms with van der Waals surface area (Å²) in [6.07, 6.45) is 1.12. The van der Waals surface area contributed by atoms with Gasteiger partial charge in [0, 0.05) is 5.69 Å². The summed E-state index contributed by atoms with van der Waals surface area (Å²) in [4.78, 5) is 11.8. The van der Waals surface area contributed by atoms with Gasteiger partial charge in [-0.1, -0.05) is 49.1 Å². The van der Waals surface area contributed by atoms with Crippen molar-refractivity contribution in [1.82, 2.24) is 10.2 Å². The molecule has 0 unspecified atom stereocenters. The molecule has 1 atom stereocenters. The summed E-state index contributed by atoms with van der Waals surface area (Å²) < 4.78 is 0.812. The largest absolute Gasteiger partial charge is 0.325 e. The highest BCUT2D eigenvalue weighted by Crippen LogP contribution is 2.21. The first-order chi connectivity index (χ1) is 9.69. The van der Waals surface area contributed by atoms with Gasteiger partial charge in [-0.3, -0.25) is 4.79 Å². The zero-order valence-corrected chi connectivity index (χ0v) is 13.1. The number of thioether (sulfide) groups is 1. The van der Waals surface area contributed by atoms with E-state index in [1.165, 1.54) is 28.7 Å². The van der Waals surface area contributed by atoms with Crippen molar-refractivity contribution in [2.24, 2.45) is 0 Å². The summed E-state index contributed by atoms with van der Waals surface area (Å²) in [5.74, 6) is 0.872. The summed E-state index contributed by atoms with van der Waals surface area (Å²) in [6.45, 7) is 4.37. The molecule has 0 aliphatic heterocycles. The maximum Gasteiger partial charge on any atom is 0.234 e. The predicted octanol–water partition coefficient (Wildman–Crippen LogP) is 3.78. The molecule has 0 bridgehead atoms.